The Labute approximate surface area is 171 Å². The zero-order valence-corrected chi connectivity index (χ0v) is 17.2. The molecule has 2 rings (SSSR count). The molecule has 0 radical (unpaired) electrons. The van der Waals surface area contributed by atoms with E-state index in [1.54, 1.807) is 30.3 Å². The van der Waals surface area contributed by atoms with Gasteiger partial charge in [-0.2, -0.15) is 0 Å². The van der Waals surface area contributed by atoms with Gasteiger partial charge in [-0.15, -0.1) is 9.05 Å². The summed E-state index contributed by atoms with van der Waals surface area (Å²) in [7, 11) is -2.39. The molecule has 0 bridgehead atoms. The highest BCUT2D eigenvalue weighted by molar-refractivity contribution is 7.33. The van der Waals surface area contributed by atoms with Crippen molar-refractivity contribution in [2.75, 3.05) is 13.2 Å². The molecule has 7 nitrogen and oxygen atoms in total. The normalized spacial score (nSPS) is 12.1. The maximum atomic E-state index is 12.5. The van der Waals surface area contributed by atoms with Gasteiger partial charge in [0, 0.05) is 10.1 Å². The van der Waals surface area contributed by atoms with Gasteiger partial charge in [0.05, 0.1) is 0 Å². The van der Waals surface area contributed by atoms with E-state index in [1.165, 1.54) is 0 Å². The summed E-state index contributed by atoms with van der Waals surface area (Å²) in [5, 5.41) is 2.57. The van der Waals surface area contributed by atoms with Crippen molar-refractivity contribution < 1.29 is 27.9 Å². The third kappa shape index (κ3) is 8.52. The molecule has 0 aliphatic rings. The van der Waals surface area contributed by atoms with Crippen molar-refractivity contribution in [2.45, 2.75) is 32.4 Å². The number of nitrogens with one attached hydrogen (secondary N) is 1. The van der Waals surface area contributed by atoms with E-state index in [1.807, 2.05) is 37.3 Å². The first-order valence-electron chi connectivity index (χ1n) is 9.39. The number of hydrogen-bond donors (Lipinski definition) is 1. The van der Waals surface area contributed by atoms with E-state index >= 15 is 0 Å². The molecule has 2 aromatic carbocycles. The van der Waals surface area contributed by atoms with Gasteiger partial charge in [-0.3, -0.25) is 4.79 Å². The minimum atomic E-state index is -2.39. The van der Waals surface area contributed by atoms with Gasteiger partial charge in [0.1, 0.15) is 19.8 Å². The van der Waals surface area contributed by atoms with Gasteiger partial charge in [0.25, 0.3) is 5.91 Å². The Kier molecular flexibility index (Phi) is 10.00. The molecular weight excluding hydrogens is 393 g/mol. The molecule has 0 saturated carbocycles. The second-order valence-electron chi connectivity index (χ2n) is 6.19. The van der Waals surface area contributed by atoms with Gasteiger partial charge in [0.2, 0.25) is 0 Å². The molecular formula is C21H25NO6P+. The first-order valence-corrected chi connectivity index (χ1v) is 10.5. The van der Waals surface area contributed by atoms with Gasteiger partial charge in [0.15, 0.2) is 6.04 Å². The number of rotatable bonds is 12. The van der Waals surface area contributed by atoms with E-state index in [4.69, 9.17) is 13.8 Å². The number of ether oxygens (including phenoxy) is 1. The van der Waals surface area contributed by atoms with Crippen LogP contribution in [-0.4, -0.2) is 31.1 Å². The van der Waals surface area contributed by atoms with Crippen LogP contribution < -0.4 is 5.32 Å². The average molecular weight is 418 g/mol. The van der Waals surface area contributed by atoms with Crippen LogP contribution in [0.2, 0.25) is 0 Å². The lowest BCUT2D eigenvalue weighted by atomic mass is 10.2. The Bertz CT molecular complexity index is 784. The van der Waals surface area contributed by atoms with Crippen LogP contribution in [0.3, 0.4) is 0 Å². The summed E-state index contributed by atoms with van der Waals surface area (Å²) < 4.78 is 27.3. The van der Waals surface area contributed by atoms with Crippen LogP contribution in [0.4, 0.5) is 0 Å². The number of amides is 1. The van der Waals surface area contributed by atoms with E-state index in [2.05, 4.69) is 5.32 Å². The second kappa shape index (κ2) is 12.8. The molecule has 8 heteroatoms. The topological polar surface area (TPSA) is 90.9 Å². The molecule has 0 aliphatic carbocycles. The second-order valence-corrected chi connectivity index (χ2v) is 7.16. The van der Waals surface area contributed by atoms with Crippen molar-refractivity contribution in [3.8, 4) is 0 Å². The van der Waals surface area contributed by atoms with Crippen molar-refractivity contribution in [1.29, 1.82) is 0 Å². The number of carbonyl (C=O) groups excluding carboxylic acids is 2. The molecule has 0 aliphatic heterocycles. The summed E-state index contributed by atoms with van der Waals surface area (Å²) in [6.07, 6.45) is 1.64. The van der Waals surface area contributed by atoms with Gasteiger partial charge in [-0.25, -0.2) is 4.79 Å². The van der Waals surface area contributed by atoms with E-state index in [0.717, 1.165) is 18.4 Å². The predicted octanol–water partition coefficient (Wildman–Crippen LogP) is 4.02. The Morgan fingerprint density at radius 2 is 1.66 bits per heavy atom. The van der Waals surface area contributed by atoms with Crippen LogP contribution in [0.25, 0.3) is 0 Å². The molecule has 154 valence electrons. The Morgan fingerprint density at radius 3 is 2.31 bits per heavy atom. The molecule has 2 aromatic rings. The molecule has 1 amide bonds. The van der Waals surface area contributed by atoms with E-state index < -0.39 is 26.2 Å². The average Bonchev–Trinajstić information content (AvgIpc) is 2.76. The lowest BCUT2D eigenvalue weighted by molar-refractivity contribution is -0.148. The highest BCUT2D eigenvalue weighted by Gasteiger charge is 2.29. The molecule has 0 spiro atoms. The summed E-state index contributed by atoms with van der Waals surface area (Å²) in [5.74, 6) is -1.15. The summed E-state index contributed by atoms with van der Waals surface area (Å²) >= 11 is 0. The number of hydrogen-bond acceptors (Lipinski definition) is 6. The number of benzene rings is 2. The minimum Gasteiger partial charge on any atom is -0.459 e. The summed E-state index contributed by atoms with van der Waals surface area (Å²) in [6, 6.07) is 16.5. The number of carbonyl (C=O) groups is 2. The lowest BCUT2D eigenvalue weighted by Crippen LogP contribution is -2.44. The molecule has 2 atom stereocenters. The largest absolute Gasteiger partial charge is 0.697 e. The van der Waals surface area contributed by atoms with E-state index in [0.29, 0.717) is 12.2 Å². The molecule has 0 heterocycles. The zero-order valence-electron chi connectivity index (χ0n) is 16.3. The van der Waals surface area contributed by atoms with Crippen molar-refractivity contribution >= 4 is 20.1 Å². The predicted molar refractivity (Wildman–Crippen MR) is 108 cm³/mol. The maximum Gasteiger partial charge on any atom is 0.697 e. The smallest absolute Gasteiger partial charge is 0.459 e. The fraction of sp³-hybridized carbons (Fsp3) is 0.333. The molecule has 1 unspecified atom stereocenters. The maximum absolute atomic E-state index is 12.5. The van der Waals surface area contributed by atoms with Gasteiger partial charge >= 0.3 is 14.2 Å². The van der Waals surface area contributed by atoms with E-state index in [9.17, 15) is 14.2 Å². The van der Waals surface area contributed by atoms with Gasteiger partial charge < -0.3 is 10.1 Å². The summed E-state index contributed by atoms with van der Waals surface area (Å²) in [6.45, 7) is 2.00. The van der Waals surface area contributed by atoms with Crippen LogP contribution in [0.1, 0.15) is 35.7 Å². The van der Waals surface area contributed by atoms with E-state index in [-0.39, 0.29) is 13.2 Å². The Hall–Kier alpha value is -2.60. The van der Waals surface area contributed by atoms with Crippen LogP contribution in [-0.2, 0) is 29.8 Å². The molecule has 29 heavy (non-hydrogen) atoms. The van der Waals surface area contributed by atoms with Crippen LogP contribution >= 0.6 is 8.25 Å². The fourth-order valence-corrected chi connectivity index (χ4v) is 2.91. The lowest BCUT2D eigenvalue weighted by Gasteiger charge is -2.15. The minimum absolute atomic E-state index is 0.0521. The fourth-order valence-electron chi connectivity index (χ4n) is 2.29. The first kappa shape index (κ1) is 22.7. The zero-order chi connectivity index (χ0) is 20.9. The van der Waals surface area contributed by atoms with Gasteiger partial charge in [-0.1, -0.05) is 61.9 Å². The summed E-state index contributed by atoms with van der Waals surface area (Å²) in [5.41, 5.74) is 1.20. The van der Waals surface area contributed by atoms with Gasteiger partial charge in [-0.05, 0) is 24.1 Å². The quantitative estimate of drug-likeness (QED) is 0.318. The SMILES string of the molecule is CCCCO[P+](=O)OC[C@H](NC(=O)c1ccccc1)C(=O)OCc1ccccc1. The highest BCUT2D eigenvalue weighted by atomic mass is 31.1. The molecule has 0 saturated heterocycles. The van der Waals surface area contributed by atoms with Crippen molar-refractivity contribution in [3.05, 3.63) is 71.8 Å². The Balaban J connectivity index is 1.96. The van der Waals surface area contributed by atoms with Crippen LogP contribution in [0, 0.1) is 0 Å². The third-order valence-corrected chi connectivity index (χ3v) is 4.64. The molecule has 1 N–H and O–H groups in total. The van der Waals surface area contributed by atoms with Crippen LogP contribution in [0.5, 0.6) is 0 Å². The van der Waals surface area contributed by atoms with Crippen molar-refractivity contribution in [1.82, 2.24) is 5.32 Å². The monoisotopic (exact) mass is 418 g/mol. The molecule has 0 aromatic heterocycles. The first-order chi connectivity index (χ1) is 14.1. The Morgan fingerprint density at radius 1 is 1.00 bits per heavy atom. The van der Waals surface area contributed by atoms with Crippen LogP contribution in [0.15, 0.2) is 60.7 Å². The highest BCUT2D eigenvalue weighted by Crippen LogP contribution is 2.24. The summed E-state index contributed by atoms with van der Waals surface area (Å²) in [4.78, 5) is 24.9. The molecule has 0 fully saturated rings. The van der Waals surface area contributed by atoms with Crippen molar-refractivity contribution in [3.63, 3.8) is 0 Å². The number of unbranched alkanes of at least 4 members (excludes halogenated alkanes) is 1. The third-order valence-electron chi connectivity index (χ3n) is 3.89. The standard InChI is InChI=1S/C21H24NO6P/c1-2-3-14-27-29(25)28-16-19(22-20(23)18-12-8-5-9-13-18)21(24)26-15-17-10-6-4-7-11-17/h4-13,19H,2-3,14-16H2,1H3/p+1/t19-/m0/s1. The number of esters is 1. The van der Waals surface area contributed by atoms with Crippen molar-refractivity contribution in [2.24, 2.45) is 0 Å².